The van der Waals surface area contributed by atoms with Crippen molar-refractivity contribution in [2.45, 2.75) is 12.8 Å². The SMILES string of the molecule is O=C1CC2=C3CC(=C2C(=O)O1)C(=O)OC3=O.[H+]. The molecule has 0 aromatic rings. The number of hydrogen-bond donors (Lipinski definition) is 0. The van der Waals surface area contributed by atoms with Gasteiger partial charge < -0.3 is 9.47 Å². The minimum absolute atomic E-state index is 0. The summed E-state index contributed by atoms with van der Waals surface area (Å²) in [6, 6.07) is 0. The molecule has 0 unspecified atom stereocenters. The third-order valence-electron chi connectivity index (χ3n) is 2.73. The quantitative estimate of drug-likeness (QED) is 0.410. The Morgan fingerprint density at radius 2 is 1.44 bits per heavy atom. The first kappa shape index (κ1) is 9.02. The van der Waals surface area contributed by atoms with Crippen molar-refractivity contribution in [3.05, 3.63) is 22.3 Å². The number of hydrogen-bond acceptors (Lipinski definition) is 6. The van der Waals surface area contributed by atoms with Gasteiger partial charge in [0.2, 0.25) is 0 Å². The van der Waals surface area contributed by atoms with Crippen molar-refractivity contribution in [1.29, 1.82) is 0 Å². The Kier molecular flexibility index (Phi) is 1.50. The van der Waals surface area contributed by atoms with E-state index < -0.39 is 23.9 Å². The summed E-state index contributed by atoms with van der Waals surface area (Å²) >= 11 is 0. The molecule has 0 aromatic heterocycles. The fourth-order valence-electron chi connectivity index (χ4n) is 2.06. The molecule has 3 rings (SSSR count). The van der Waals surface area contributed by atoms with Crippen molar-refractivity contribution in [2.75, 3.05) is 0 Å². The molecule has 16 heavy (non-hydrogen) atoms. The summed E-state index contributed by atoms with van der Waals surface area (Å²) in [5, 5.41) is 0. The second-order valence-corrected chi connectivity index (χ2v) is 3.60. The second-order valence-electron chi connectivity index (χ2n) is 3.60. The summed E-state index contributed by atoms with van der Waals surface area (Å²) in [5.74, 6) is -3.20. The van der Waals surface area contributed by atoms with E-state index in [1.165, 1.54) is 0 Å². The average Bonchev–Trinajstić information content (AvgIpc) is 2.52. The van der Waals surface area contributed by atoms with Crippen LogP contribution >= 0.6 is 0 Å². The van der Waals surface area contributed by atoms with Crippen molar-refractivity contribution >= 4 is 23.9 Å². The Balaban J connectivity index is 0.00000108. The Morgan fingerprint density at radius 3 is 2.19 bits per heavy atom. The molecule has 1 aliphatic carbocycles. The molecular weight excluding hydrogens is 216 g/mol. The van der Waals surface area contributed by atoms with Gasteiger partial charge in [-0.2, -0.15) is 0 Å². The van der Waals surface area contributed by atoms with Crippen molar-refractivity contribution in [1.82, 2.24) is 0 Å². The van der Waals surface area contributed by atoms with E-state index in [9.17, 15) is 19.2 Å². The average molecular weight is 221 g/mol. The van der Waals surface area contributed by atoms with Gasteiger partial charge in [-0.1, -0.05) is 0 Å². The van der Waals surface area contributed by atoms with Gasteiger partial charge in [0.1, 0.15) is 0 Å². The maximum absolute atomic E-state index is 11.4. The summed E-state index contributed by atoms with van der Waals surface area (Å²) in [4.78, 5) is 45.1. The molecule has 0 aromatic carbocycles. The lowest BCUT2D eigenvalue weighted by atomic mass is 10.0. The number of cyclic esters (lactones) is 4. The molecule has 6 heteroatoms. The zero-order valence-corrected chi connectivity index (χ0v) is 7.86. The first-order valence-electron chi connectivity index (χ1n) is 4.55. The van der Waals surface area contributed by atoms with E-state index in [1.807, 2.05) is 0 Å². The van der Waals surface area contributed by atoms with Gasteiger partial charge in [-0.25, -0.2) is 14.4 Å². The Hall–Kier alpha value is -2.24. The first-order chi connectivity index (χ1) is 7.58. The highest BCUT2D eigenvalue weighted by atomic mass is 16.6. The van der Waals surface area contributed by atoms with E-state index >= 15 is 0 Å². The highest BCUT2D eigenvalue weighted by Crippen LogP contribution is 2.41. The van der Waals surface area contributed by atoms with E-state index in [2.05, 4.69) is 9.47 Å². The summed E-state index contributed by atoms with van der Waals surface area (Å²) in [6.07, 6.45) is -0.104. The number of rotatable bonds is 0. The van der Waals surface area contributed by atoms with Crippen LogP contribution in [0.3, 0.4) is 0 Å². The number of carbonyl (C=O) groups excluding carboxylic acids is 4. The lowest BCUT2D eigenvalue weighted by Crippen LogP contribution is -2.23. The standard InChI is InChI=1S/C10H4O6/c11-6-2-3-4-1-5(7(3)10(14)15-6)9(13)16-8(4)12/h1-2H2/p+1. The first-order valence-corrected chi connectivity index (χ1v) is 4.55. The molecule has 2 heterocycles. The molecule has 2 aliphatic heterocycles. The summed E-state index contributed by atoms with van der Waals surface area (Å²) < 4.78 is 8.84. The van der Waals surface area contributed by atoms with Crippen LogP contribution in [0.1, 0.15) is 14.3 Å². The van der Waals surface area contributed by atoms with Gasteiger partial charge in [0.15, 0.2) is 0 Å². The summed E-state index contributed by atoms with van der Waals surface area (Å²) in [6.45, 7) is 0. The molecule has 0 radical (unpaired) electrons. The van der Waals surface area contributed by atoms with E-state index in [0.717, 1.165) is 0 Å². The predicted molar refractivity (Wildman–Crippen MR) is 46.6 cm³/mol. The van der Waals surface area contributed by atoms with E-state index in [4.69, 9.17) is 0 Å². The minimum atomic E-state index is -0.872. The van der Waals surface area contributed by atoms with Crippen LogP contribution in [0.25, 0.3) is 0 Å². The number of carbonyl (C=O) groups is 4. The monoisotopic (exact) mass is 221 g/mol. The van der Waals surface area contributed by atoms with Crippen molar-refractivity contribution in [2.24, 2.45) is 0 Å². The van der Waals surface area contributed by atoms with Crippen molar-refractivity contribution in [3.8, 4) is 0 Å². The molecule has 0 spiro atoms. The molecule has 6 nitrogen and oxygen atoms in total. The van der Waals surface area contributed by atoms with Gasteiger partial charge in [-0.05, 0) is 5.57 Å². The third kappa shape index (κ3) is 0.955. The lowest BCUT2D eigenvalue weighted by Gasteiger charge is -2.13. The molecule has 0 atom stereocenters. The van der Waals surface area contributed by atoms with Crippen LogP contribution in [0.15, 0.2) is 22.3 Å². The minimum Gasteiger partial charge on any atom is -0.389 e. The number of esters is 4. The topological polar surface area (TPSA) is 86.7 Å². The van der Waals surface area contributed by atoms with Gasteiger partial charge in [0.25, 0.3) is 0 Å². The highest BCUT2D eigenvalue weighted by molar-refractivity contribution is 6.19. The maximum atomic E-state index is 11.4. The molecule has 2 saturated heterocycles. The molecule has 2 fully saturated rings. The molecule has 0 amide bonds. The Morgan fingerprint density at radius 1 is 0.750 bits per heavy atom. The fraction of sp³-hybridized carbons (Fsp3) is 0.200. The number of ether oxygens (including phenoxy) is 2. The van der Waals surface area contributed by atoms with Gasteiger partial charge in [0.05, 0.1) is 17.6 Å². The van der Waals surface area contributed by atoms with E-state index in [0.29, 0.717) is 0 Å². The zero-order valence-electron chi connectivity index (χ0n) is 8.86. The Bertz CT molecular complexity index is 553. The molecule has 80 valence electrons. The summed E-state index contributed by atoms with van der Waals surface area (Å²) in [7, 11) is 0. The van der Waals surface area contributed by atoms with Gasteiger partial charge >= 0.3 is 25.3 Å². The molecular formula is C10H5O6+. The van der Waals surface area contributed by atoms with Crippen molar-refractivity contribution < 1.29 is 30.1 Å². The second kappa shape index (κ2) is 2.66. The predicted octanol–water partition coefficient (Wildman–Crippen LogP) is -0.347. The van der Waals surface area contributed by atoms with Crippen LogP contribution in [-0.2, 0) is 28.7 Å². The van der Waals surface area contributed by atoms with E-state index in [1.54, 1.807) is 0 Å². The number of fused-ring (bicyclic) bond motifs is 3. The molecule has 0 N–H and O–H groups in total. The van der Waals surface area contributed by atoms with Crippen molar-refractivity contribution in [3.63, 3.8) is 0 Å². The van der Waals surface area contributed by atoms with Crippen LogP contribution in [-0.4, -0.2) is 23.9 Å². The van der Waals surface area contributed by atoms with Crippen LogP contribution in [0.2, 0.25) is 0 Å². The van der Waals surface area contributed by atoms with Crippen LogP contribution in [0.5, 0.6) is 0 Å². The van der Waals surface area contributed by atoms with Crippen LogP contribution in [0, 0.1) is 0 Å². The summed E-state index contributed by atoms with van der Waals surface area (Å²) in [5.41, 5.74) is 0.647. The van der Waals surface area contributed by atoms with Gasteiger partial charge in [0, 0.05) is 12.0 Å². The van der Waals surface area contributed by atoms with Crippen LogP contribution in [0.4, 0.5) is 0 Å². The maximum Gasteiger partial charge on any atom is 1.00 e. The lowest BCUT2D eigenvalue weighted by molar-refractivity contribution is -0.159. The normalized spacial score (nSPS) is 23.5. The highest BCUT2D eigenvalue weighted by Gasteiger charge is 2.45. The molecule has 0 saturated carbocycles. The molecule has 3 aliphatic rings. The van der Waals surface area contributed by atoms with Crippen LogP contribution < -0.4 is 0 Å². The van der Waals surface area contributed by atoms with Gasteiger partial charge in [-0.15, -0.1) is 0 Å². The largest absolute Gasteiger partial charge is 1.00 e. The molecule has 2 bridgehead atoms. The Labute approximate surface area is 90.0 Å². The zero-order chi connectivity index (χ0) is 11.4. The smallest absolute Gasteiger partial charge is 0.389 e. The van der Waals surface area contributed by atoms with E-state index in [-0.39, 0.29) is 36.6 Å². The third-order valence-corrected chi connectivity index (χ3v) is 2.73. The fourth-order valence-corrected chi connectivity index (χ4v) is 2.06. The van der Waals surface area contributed by atoms with Gasteiger partial charge in [-0.3, -0.25) is 4.79 Å².